The summed E-state index contributed by atoms with van der Waals surface area (Å²) in [6.45, 7) is -0.523. The lowest BCUT2D eigenvalue weighted by molar-refractivity contribution is -0.101. The van der Waals surface area contributed by atoms with Crippen molar-refractivity contribution in [3.05, 3.63) is 60.0 Å². The number of amides is 1. The summed E-state index contributed by atoms with van der Waals surface area (Å²) in [5.41, 5.74) is 0.589. The molecule has 27 heavy (non-hydrogen) atoms. The van der Waals surface area contributed by atoms with Crippen molar-refractivity contribution in [2.75, 3.05) is 25.0 Å². The Hall–Kier alpha value is -2.77. The Kier molecular flexibility index (Phi) is 5.83. The van der Waals surface area contributed by atoms with E-state index in [1.54, 1.807) is 24.4 Å². The fraction of sp³-hybridized carbons (Fsp3) is 0.368. The Morgan fingerprint density at radius 1 is 1.26 bits per heavy atom. The molecular weight excluding hydrogens is 359 g/mol. The molecule has 1 aliphatic heterocycles. The van der Waals surface area contributed by atoms with Crippen LogP contribution in [0.2, 0.25) is 0 Å². The largest absolute Gasteiger partial charge is 0.445 e. The normalized spacial score (nSPS) is 18.8. The maximum absolute atomic E-state index is 14.4. The number of pyridine rings is 1. The topological polar surface area (TPSA) is 54.5 Å². The fourth-order valence-electron chi connectivity index (χ4n) is 2.90. The predicted octanol–water partition coefficient (Wildman–Crippen LogP) is 3.93. The quantitative estimate of drug-likeness (QED) is 0.855. The highest BCUT2D eigenvalue weighted by molar-refractivity contribution is 5.68. The number of ether oxygens (including phenoxy) is 1. The Morgan fingerprint density at radius 3 is 2.70 bits per heavy atom. The molecule has 1 fully saturated rings. The zero-order valence-electron chi connectivity index (χ0n) is 14.6. The van der Waals surface area contributed by atoms with Crippen LogP contribution in [0.5, 0.6) is 0 Å². The van der Waals surface area contributed by atoms with E-state index in [-0.39, 0.29) is 26.1 Å². The van der Waals surface area contributed by atoms with Gasteiger partial charge in [-0.3, -0.25) is 0 Å². The molecule has 1 aromatic carbocycles. The molecule has 3 rings (SSSR count). The van der Waals surface area contributed by atoms with Gasteiger partial charge in [0.05, 0.1) is 6.54 Å². The number of carbonyl (C=O) groups excluding carboxylic acids is 1. The summed E-state index contributed by atoms with van der Waals surface area (Å²) >= 11 is 0. The van der Waals surface area contributed by atoms with E-state index >= 15 is 0 Å². The Labute approximate surface area is 155 Å². The van der Waals surface area contributed by atoms with Gasteiger partial charge in [-0.2, -0.15) is 0 Å². The van der Waals surface area contributed by atoms with Crippen LogP contribution in [-0.4, -0.2) is 41.5 Å². The Balaban J connectivity index is 1.49. The van der Waals surface area contributed by atoms with Gasteiger partial charge in [-0.15, -0.1) is 0 Å². The molecule has 0 unspecified atom stereocenters. The number of likely N-dealkylation sites (tertiary alicyclic amines) is 1. The van der Waals surface area contributed by atoms with E-state index in [2.05, 4.69) is 10.3 Å². The van der Waals surface area contributed by atoms with Gasteiger partial charge < -0.3 is 15.0 Å². The standard InChI is InChI=1S/C19H20F3N3O2/c20-16-6-4-14(5-7-16)12-27-18(26)25-10-8-15(19(21,22)13-25)11-24-17-3-1-2-9-23-17/h1-7,9,15H,8,10-13H2,(H,23,24)/t15-/m1/s1. The molecule has 1 aromatic heterocycles. The van der Waals surface area contributed by atoms with Crippen molar-refractivity contribution in [3.63, 3.8) is 0 Å². The van der Waals surface area contributed by atoms with Crippen molar-refractivity contribution >= 4 is 11.9 Å². The van der Waals surface area contributed by atoms with E-state index in [0.29, 0.717) is 11.4 Å². The molecule has 5 nitrogen and oxygen atoms in total. The third-order valence-electron chi connectivity index (χ3n) is 4.47. The SMILES string of the molecule is O=C(OCc1ccc(F)cc1)N1CC[C@H](CNc2ccccn2)C(F)(F)C1. The van der Waals surface area contributed by atoms with Gasteiger partial charge in [-0.05, 0) is 36.2 Å². The van der Waals surface area contributed by atoms with Crippen molar-refractivity contribution in [2.45, 2.75) is 19.0 Å². The summed E-state index contributed by atoms with van der Waals surface area (Å²) in [6.07, 6.45) is 0.939. The summed E-state index contributed by atoms with van der Waals surface area (Å²) in [5, 5.41) is 2.91. The second kappa shape index (κ2) is 8.28. The van der Waals surface area contributed by atoms with E-state index in [1.165, 1.54) is 24.3 Å². The van der Waals surface area contributed by atoms with E-state index < -0.39 is 30.3 Å². The van der Waals surface area contributed by atoms with Crippen molar-refractivity contribution in [3.8, 4) is 0 Å². The van der Waals surface area contributed by atoms with Crippen LogP contribution in [0.25, 0.3) is 0 Å². The first-order chi connectivity index (χ1) is 12.9. The second-order valence-corrected chi connectivity index (χ2v) is 6.45. The van der Waals surface area contributed by atoms with Gasteiger partial charge in [0.15, 0.2) is 0 Å². The first-order valence-corrected chi connectivity index (χ1v) is 8.63. The van der Waals surface area contributed by atoms with Crippen LogP contribution in [0, 0.1) is 11.7 Å². The molecule has 2 aromatic rings. The van der Waals surface area contributed by atoms with E-state index in [9.17, 15) is 18.0 Å². The summed E-state index contributed by atoms with van der Waals surface area (Å²) in [5.74, 6) is -3.80. The molecule has 144 valence electrons. The maximum Gasteiger partial charge on any atom is 0.410 e. The molecule has 0 saturated carbocycles. The number of halogens is 3. The smallest absolute Gasteiger partial charge is 0.410 e. The van der Waals surface area contributed by atoms with Crippen molar-refractivity contribution < 1.29 is 22.7 Å². The number of hydrogen-bond acceptors (Lipinski definition) is 4. The van der Waals surface area contributed by atoms with Crippen molar-refractivity contribution in [1.29, 1.82) is 0 Å². The van der Waals surface area contributed by atoms with Crippen molar-refractivity contribution in [1.82, 2.24) is 9.88 Å². The van der Waals surface area contributed by atoms with E-state index in [1.807, 2.05) is 0 Å². The maximum atomic E-state index is 14.4. The zero-order chi connectivity index (χ0) is 19.3. The molecule has 8 heteroatoms. The highest BCUT2D eigenvalue weighted by atomic mass is 19.3. The van der Waals surface area contributed by atoms with Gasteiger partial charge in [0, 0.05) is 25.2 Å². The molecule has 0 radical (unpaired) electrons. The fourth-order valence-corrected chi connectivity index (χ4v) is 2.90. The van der Waals surface area contributed by atoms with E-state index in [0.717, 1.165) is 4.90 Å². The third-order valence-corrected chi connectivity index (χ3v) is 4.47. The molecule has 1 saturated heterocycles. The van der Waals surface area contributed by atoms with Crippen LogP contribution in [0.4, 0.5) is 23.8 Å². The number of benzene rings is 1. The molecule has 1 aliphatic rings. The summed E-state index contributed by atoms with van der Waals surface area (Å²) in [6, 6.07) is 10.7. The van der Waals surface area contributed by atoms with Crippen LogP contribution >= 0.6 is 0 Å². The minimum absolute atomic E-state index is 0.0719. The lowest BCUT2D eigenvalue weighted by atomic mass is 9.93. The molecular formula is C19H20F3N3O2. The minimum atomic E-state index is -3.03. The van der Waals surface area contributed by atoms with Crippen LogP contribution in [0.15, 0.2) is 48.7 Å². The van der Waals surface area contributed by atoms with Gasteiger partial charge in [0.25, 0.3) is 5.92 Å². The van der Waals surface area contributed by atoms with E-state index in [4.69, 9.17) is 4.74 Å². The molecule has 0 bridgehead atoms. The molecule has 0 spiro atoms. The summed E-state index contributed by atoms with van der Waals surface area (Å²) in [7, 11) is 0. The van der Waals surface area contributed by atoms with Gasteiger partial charge in [-0.25, -0.2) is 22.9 Å². The third kappa shape index (κ3) is 5.12. The van der Waals surface area contributed by atoms with Crippen LogP contribution in [0.1, 0.15) is 12.0 Å². The molecule has 1 atom stereocenters. The highest BCUT2D eigenvalue weighted by Crippen LogP contribution is 2.33. The van der Waals surface area contributed by atoms with Crippen LogP contribution in [0.3, 0.4) is 0 Å². The highest BCUT2D eigenvalue weighted by Gasteiger charge is 2.46. The zero-order valence-corrected chi connectivity index (χ0v) is 14.6. The lowest BCUT2D eigenvalue weighted by Gasteiger charge is -2.37. The predicted molar refractivity (Wildman–Crippen MR) is 93.9 cm³/mol. The Morgan fingerprint density at radius 2 is 2.04 bits per heavy atom. The van der Waals surface area contributed by atoms with Crippen molar-refractivity contribution in [2.24, 2.45) is 5.92 Å². The number of aromatic nitrogens is 1. The van der Waals surface area contributed by atoms with Crippen LogP contribution < -0.4 is 5.32 Å². The number of nitrogens with one attached hydrogen (secondary N) is 1. The molecule has 2 heterocycles. The number of anilines is 1. The van der Waals surface area contributed by atoms with Gasteiger partial charge >= 0.3 is 6.09 Å². The molecule has 0 aliphatic carbocycles. The average Bonchev–Trinajstić information content (AvgIpc) is 2.66. The lowest BCUT2D eigenvalue weighted by Crippen LogP contribution is -2.52. The number of carbonyl (C=O) groups is 1. The average molecular weight is 379 g/mol. The number of alkyl halides is 2. The van der Waals surface area contributed by atoms with Gasteiger partial charge in [-0.1, -0.05) is 18.2 Å². The van der Waals surface area contributed by atoms with Gasteiger partial charge in [0.1, 0.15) is 18.2 Å². The van der Waals surface area contributed by atoms with Gasteiger partial charge in [0.2, 0.25) is 0 Å². The Bertz CT molecular complexity index is 757. The second-order valence-electron chi connectivity index (χ2n) is 6.45. The molecule has 1 amide bonds. The summed E-state index contributed by atoms with van der Waals surface area (Å²) < 4.78 is 46.8. The summed E-state index contributed by atoms with van der Waals surface area (Å²) in [4.78, 5) is 17.1. The first kappa shape index (κ1) is 19.0. The van der Waals surface area contributed by atoms with Crippen LogP contribution in [-0.2, 0) is 11.3 Å². The number of nitrogens with zero attached hydrogens (tertiary/aromatic N) is 2. The first-order valence-electron chi connectivity index (χ1n) is 8.63. The number of hydrogen-bond donors (Lipinski definition) is 1. The number of piperidine rings is 1. The molecule has 1 N–H and O–H groups in total. The minimum Gasteiger partial charge on any atom is -0.445 e. The monoisotopic (exact) mass is 379 g/mol. The number of rotatable bonds is 5.